The van der Waals surface area contributed by atoms with Gasteiger partial charge in [-0.2, -0.15) is 0 Å². The number of fused-ring (bicyclic) bond motifs is 1. The molecule has 1 saturated heterocycles. The highest BCUT2D eigenvalue weighted by Crippen LogP contribution is 2.18. The first-order valence-electron chi connectivity index (χ1n) is 9.41. The minimum absolute atomic E-state index is 0.675. The second kappa shape index (κ2) is 8.46. The highest BCUT2D eigenvalue weighted by atomic mass is 15.3. The quantitative estimate of drug-likeness (QED) is 0.604. The van der Waals surface area contributed by atoms with Crippen LogP contribution in [0.25, 0.3) is 0 Å². The molecule has 7 heteroatoms. The van der Waals surface area contributed by atoms with E-state index >= 15 is 0 Å². The maximum atomic E-state index is 4.32. The number of aryl methyl sites for hydroxylation is 1. The molecule has 3 rings (SSSR count). The topological polar surface area (TPSA) is 70.4 Å². The van der Waals surface area contributed by atoms with Crippen LogP contribution in [0.5, 0.6) is 0 Å². The third-order valence-electron chi connectivity index (χ3n) is 5.24. The molecule has 1 aromatic heterocycles. The van der Waals surface area contributed by atoms with E-state index in [0.717, 1.165) is 49.7 Å². The molecule has 134 valence electrons. The summed E-state index contributed by atoms with van der Waals surface area (Å²) in [7, 11) is 1.82. The number of aromatic nitrogens is 3. The zero-order valence-electron chi connectivity index (χ0n) is 15.1. The molecular weight excluding hydrogens is 302 g/mol. The molecule has 0 bridgehead atoms. The summed E-state index contributed by atoms with van der Waals surface area (Å²) >= 11 is 0. The van der Waals surface area contributed by atoms with Gasteiger partial charge in [-0.1, -0.05) is 13.3 Å². The Balaban J connectivity index is 1.42. The number of rotatable bonds is 6. The Labute approximate surface area is 144 Å². The third-order valence-corrected chi connectivity index (χ3v) is 5.24. The number of hydrogen-bond acceptors (Lipinski definition) is 4. The average molecular weight is 333 g/mol. The minimum Gasteiger partial charge on any atom is -0.355 e. The van der Waals surface area contributed by atoms with Crippen molar-refractivity contribution in [3.8, 4) is 0 Å². The van der Waals surface area contributed by atoms with Gasteiger partial charge in [0, 0.05) is 39.1 Å². The predicted octanol–water partition coefficient (Wildman–Crippen LogP) is 1.15. The largest absolute Gasteiger partial charge is 0.355 e. The van der Waals surface area contributed by atoms with Gasteiger partial charge in [-0.05, 0) is 32.2 Å². The molecular formula is C17H31N7. The number of piperidine rings is 1. The van der Waals surface area contributed by atoms with Crippen molar-refractivity contribution in [3.63, 3.8) is 0 Å². The van der Waals surface area contributed by atoms with E-state index in [9.17, 15) is 0 Å². The Morgan fingerprint density at radius 2 is 2.12 bits per heavy atom. The van der Waals surface area contributed by atoms with E-state index in [-0.39, 0.29) is 0 Å². The molecule has 1 atom stereocenters. The fourth-order valence-corrected chi connectivity index (χ4v) is 3.86. The van der Waals surface area contributed by atoms with Crippen LogP contribution < -0.4 is 10.6 Å². The summed E-state index contributed by atoms with van der Waals surface area (Å²) in [4.78, 5) is 6.94. The highest BCUT2D eigenvalue weighted by Gasteiger charge is 2.20. The van der Waals surface area contributed by atoms with Crippen molar-refractivity contribution in [2.24, 2.45) is 4.99 Å². The number of nitrogens with one attached hydrogen (secondary N) is 2. The van der Waals surface area contributed by atoms with Crippen molar-refractivity contribution in [1.29, 1.82) is 0 Å². The van der Waals surface area contributed by atoms with Crippen LogP contribution in [0.1, 0.15) is 50.7 Å². The maximum Gasteiger partial charge on any atom is 0.191 e. The minimum atomic E-state index is 0.675. The molecule has 24 heavy (non-hydrogen) atoms. The van der Waals surface area contributed by atoms with Gasteiger partial charge < -0.3 is 15.2 Å². The van der Waals surface area contributed by atoms with Crippen molar-refractivity contribution in [2.75, 3.05) is 26.7 Å². The Kier molecular flexibility index (Phi) is 6.07. The van der Waals surface area contributed by atoms with Gasteiger partial charge in [0.05, 0.1) is 6.54 Å². The summed E-state index contributed by atoms with van der Waals surface area (Å²) in [5, 5.41) is 15.3. The van der Waals surface area contributed by atoms with Gasteiger partial charge in [0.2, 0.25) is 0 Å². The number of likely N-dealkylation sites (tertiary alicyclic amines) is 1. The second-order valence-corrected chi connectivity index (χ2v) is 6.73. The van der Waals surface area contributed by atoms with Crippen molar-refractivity contribution in [1.82, 2.24) is 30.3 Å². The first-order chi connectivity index (χ1) is 11.8. The van der Waals surface area contributed by atoms with Gasteiger partial charge in [-0.25, -0.2) is 0 Å². The monoisotopic (exact) mass is 333 g/mol. The summed E-state index contributed by atoms with van der Waals surface area (Å²) in [6.45, 7) is 7.26. The van der Waals surface area contributed by atoms with E-state index in [1.807, 2.05) is 7.05 Å². The number of hydrogen-bond donors (Lipinski definition) is 2. The fourth-order valence-electron chi connectivity index (χ4n) is 3.86. The van der Waals surface area contributed by atoms with E-state index in [2.05, 4.69) is 42.2 Å². The lowest BCUT2D eigenvalue weighted by atomic mass is 10.0. The van der Waals surface area contributed by atoms with Gasteiger partial charge in [0.15, 0.2) is 11.8 Å². The van der Waals surface area contributed by atoms with Gasteiger partial charge >= 0.3 is 0 Å². The van der Waals surface area contributed by atoms with Crippen LogP contribution in [0, 0.1) is 0 Å². The molecule has 0 saturated carbocycles. The summed E-state index contributed by atoms with van der Waals surface area (Å²) in [5.41, 5.74) is 0. The van der Waals surface area contributed by atoms with Crippen molar-refractivity contribution in [3.05, 3.63) is 11.6 Å². The molecule has 0 aromatic carbocycles. The van der Waals surface area contributed by atoms with Gasteiger partial charge in [-0.15, -0.1) is 10.2 Å². The zero-order chi connectivity index (χ0) is 16.8. The normalized spacial score (nSPS) is 21.8. The first-order valence-corrected chi connectivity index (χ1v) is 9.41. The molecule has 1 fully saturated rings. The van der Waals surface area contributed by atoms with Crippen LogP contribution in [0.15, 0.2) is 4.99 Å². The van der Waals surface area contributed by atoms with E-state index in [1.54, 1.807) is 0 Å². The van der Waals surface area contributed by atoms with E-state index in [0.29, 0.717) is 6.54 Å². The molecule has 0 radical (unpaired) electrons. The smallest absolute Gasteiger partial charge is 0.191 e. The average Bonchev–Trinajstić information content (AvgIpc) is 3.22. The van der Waals surface area contributed by atoms with Crippen molar-refractivity contribution < 1.29 is 0 Å². The summed E-state index contributed by atoms with van der Waals surface area (Å²) in [6, 6.07) is 0.758. The molecule has 7 nitrogen and oxygen atoms in total. The van der Waals surface area contributed by atoms with Gasteiger partial charge in [0.25, 0.3) is 0 Å². The van der Waals surface area contributed by atoms with Gasteiger partial charge in [0.1, 0.15) is 5.82 Å². The fraction of sp³-hybridized carbons (Fsp3) is 0.824. The van der Waals surface area contributed by atoms with Crippen LogP contribution >= 0.6 is 0 Å². The van der Waals surface area contributed by atoms with Crippen molar-refractivity contribution in [2.45, 2.75) is 64.6 Å². The molecule has 1 unspecified atom stereocenters. The van der Waals surface area contributed by atoms with Crippen LogP contribution in [0.2, 0.25) is 0 Å². The summed E-state index contributed by atoms with van der Waals surface area (Å²) < 4.78 is 2.22. The molecule has 2 aliphatic rings. The SMILES string of the molecule is CCC1CCCCN1CCNC(=NC)NCc1nnc2n1CCC2. The second-order valence-electron chi connectivity index (χ2n) is 6.73. The van der Waals surface area contributed by atoms with Crippen LogP contribution in [0.4, 0.5) is 0 Å². The van der Waals surface area contributed by atoms with Gasteiger partial charge in [-0.3, -0.25) is 9.89 Å². The standard InChI is InChI=1S/C17H31N7/c1-3-14-7-4-5-10-23(14)12-9-19-17(18-2)20-13-16-22-21-15-8-6-11-24(15)16/h14H,3-13H2,1-2H3,(H2,18,19,20). The Bertz CT molecular complexity index is 551. The van der Waals surface area contributed by atoms with E-state index in [4.69, 9.17) is 0 Å². The first kappa shape index (κ1) is 17.2. The molecule has 1 aromatic rings. The van der Waals surface area contributed by atoms with Crippen LogP contribution in [0.3, 0.4) is 0 Å². The van der Waals surface area contributed by atoms with Crippen LogP contribution in [-0.2, 0) is 19.5 Å². The third kappa shape index (κ3) is 4.06. The van der Waals surface area contributed by atoms with Crippen LogP contribution in [-0.4, -0.2) is 58.3 Å². The molecule has 0 amide bonds. The molecule has 2 N–H and O–H groups in total. The Morgan fingerprint density at radius 3 is 2.96 bits per heavy atom. The molecule has 0 aliphatic carbocycles. The zero-order valence-corrected chi connectivity index (χ0v) is 15.1. The Hall–Kier alpha value is -1.63. The Morgan fingerprint density at radius 1 is 1.21 bits per heavy atom. The molecule has 2 aliphatic heterocycles. The maximum absolute atomic E-state index is 4.32. The number of aliphatic imine (C=N–C) groups is 1. The summed E-state index contributed by atoms with van der Waals surface area (Å²) in [5.74, 6) is 2.97. The lowest BCUT2D eigenvalue weighted by Gasteiger charge is -2.35. The summed E-state index contributed by atoms with van der Waals surface area (Å²) in [6.07, 6.45) is 7.55. The lowest BCUT2D eigenvalue weighted by molar-refractivity contribution is 0.147. The van der Waals surface area contributed by atoms with Crippen molar-refractivity contribution >= 4 is 5.96 Å². The predicted molar refractivity (Wildman–Crippen MR) is 96.0 cm³/mol. The number of nitrogens with zero attached hydrogens (tertiary/aromatic N) is 5. The van der Waals surface area contributed by atoms with E-state index < -0.39 is 0 Å². The molecule has 3 heterocycles. The highest BCUT2D eigenvalue weighted by molar-refractivity contribution is 5.79. The van der Waals surface area contributed by atoms with E-state index in [1.165, 1.54) is 38.6 Å². The molecule has 0 spiro atoms. The number of guanidine groups is 1. The lowest BCUT2D eigenvalue weighted by Crippen LogP contribution is -2.45.